The lowest BCUT2D eigenvalue weighted by atomic mass is 9.93. The van der Waals surface area contributed by atoms with E-state index < -0.39 is 0 Å². The van der Waals surface area contributed by atoms with Gasteiger partial charge in [0, 0.05) is 0 Å². The van der Waals surface area contributed by atoms with E-state index in [4.69, 9.17) is 4.74 Å². The molecule has 0 saturated carbocycles. The van der Waals surface area contributed by atoms with Gasteiger partial charge in [-0.2, -0.15) is 0 Å². The fourth-order valence-electron chi connectivity index (χ4n) is 2.10. The maximum atomic E-state index is 11.5. The van der Waals surface area contributed by atoms with E-state index in [9.17, 15) is 4.79 Å². The van der Waals surface area contributed by atoms with E-state index in [-0.39, 0.29) is 12.1 Å². The lowest BCUT2D eigenvalue weighted by Crippen LogP contribution is -2.11. The molecule has 1 heterocycles. The molecule has 0 saturated heterocycles. The van der Waals surface area contributed by atoms with Crippen molar-refractivity contribution in [3.63, 3.8) is 0 Å². The van der Waals surface area contributed by atoms with Gasteiger partial charge in [-0.3, -0.25) is 0 Å². The molecule has 2 aliphatic rings. The summed E-state index contributed by atoms with van der Waals surface area (Å²) in [6, 6.07) is 0. The summed E-state index contributed by atoms with van der Waals surface area (Å²) in [5.41, 5.74) is 2.07. The van der Waals surface area contributed by atoms with Crippen molar-refractivity contribution < 1.29 is 9.53 Å². The Morgan fingerprint density at radius 1 is 1.57 bits per heavy atom. The van der Waals surface area contributed by atoms with Gasteiger partial charge in [0.1, 0.15) is 6.10 Å². The third-order valence-corrected chi connectivity index (χ3v) is 2.89. The molecular weight excluding hydrogens is 176 g/mol. The molecule has 1 aliphatic carbocycles. The Bertz CT molecular complexity index is 299. The molecule has 0 aromatic carbocycles. The van der Waals surface area contributed by atoms with Gasteiger partial charge in [0.15, 0.2) is 0 Å². The normalized spacial score (nSPS) is 25.2. The Morgan fingerprint density at radius 2 is 2.43 bits per heavy atom. The largest absolute Gasteiger partial charge is 0.454 e. The molecule has 0 fully saturated rings. The van der Waals surface area contributed by atoms with Crippen LogP contribution in [-0.4, -0.2) is 12.1 Å². The highest BCUT2D eigenvalue weighted by atomic mass is 16.5. The van der Waals surface area contributed by atoms with Crippen LogP contribution in [0, 0.1) is 0 Å². The predicted molar refractivity (Wildman–Crippen MR) is 54.8 cm³/mol. The Morgan fingerprint density at radius 3 is 3.21 bits per heavy atom. The molecule has 1 unspecified atom stereocenters. The SMILES string of the molecule is CCCCC1OC(=O)C2=C1CCC=C2. The third-order valence-electron chi connectivity index (χ3n) is 2.89. The molecule has 14 heavy (non-hydrogen) atoms. The molecule has 0 amide bonds. The highest BCUT2D eigenvalue weighted by molar-refractivity contribution is 5.95. The zero-order valence-electron chi connectivity index (χ0n) is 8.58. The molecular formula is C12H16O2. The standard InChI is InChI=1S/C12H16O2/c1-2-3-8-11-9-6-4-5-7-10(9)12(13)14-11/h5,7,11H,2-4,6,8H2,1H3. The van der Waals surface area contributed by atoms with Gasteiger partial charge >= 0.3 is 5.97 Å². The van der Waals surface area contributed by atoms with Crippen molar-refractivity contribution in [1.82, 2.24) is 0 Å². The van der Waals surface area contributed by atoms with Crippen molar-refractivity contribution in [3.05, 3.63) is 23.3 Å². The van der Waals surface area contributed by atoms with E-state index in [1.54, 1.807) is 0 Å². The van der Waals surface area contributed by atoms with Crippen LogP contribution in [0.15, 0.2) is 23.3 Å². The monoisotopic (exact) mass is 192 g/mol. The number of unbranched alkanes of at least 4 members (excludes halogenated alkanes) is 1. The van der Waals surface area contributed by atoms with Gasteiger partial charge in [0.05, 0.1) is 5.57 Å². The number of hydrogen-bond donors (Lipinski definition) is 0. The van der Waals surface area contributed by atoms with Gasteiger partial charge in [-0.05, 0) is 31.3 Å². The Kier molecular flexibility index (Phi) is 2.71. The van der Waals surface area contributed by atoms with Crippen molar-refractivity contribution in [2.24, 2.45) is 0 Å². The smallest absolute Gasteiger partial charge is 0.338 e. The molecule has 0 N–H and O–H groups in total. The minimum Gasteiger partial charge on any atom is -0.454 e. The third kappa shape index (κ3) is 1.61. The Hall–Kier alpha value is -1.05. The van der Waals surface area contributed by atoms with Crippen LogP contribution in [0.1, 0.15) is 39.0 Å². The number of allylic oxidation sites excluding steroid dienone is 1. The molecule has 0 bridgehead atoms. The minimum atomic E-state index is -0.114. The minimum absolute atomic E-state index is 0.0856. The fourth-order valence-corrected chi connectivity index (χ4v) is 2.10. The van der Waals surface area contributed by atoms with E-state index >= 15 is 0 Å². The van der Waals surface area contributed by atoms with Crippen molar-refractivity contribution in [1.29, 1.82) is 0 Å². The van der Waals surface area contributed by atoms with E-state index in [0.29, 0.717) is 0 Å². The summed E-state index contributed by atoms with van der Waals surface area (Å²) in [7, 11) is 0. The fraction of sp³-hybridized carbons (Fsp3) is 0.583. The topological polar surface area (TPSA) is 26.3 Å². The van der Waals surface area contributed by atoms with Crippen molar-refractivity contribution in [2.45, 2.75) is 45.1 Å². The van der Waals surface area contributed by atoms with Crippen LogP contribution in [0.3, 0.4) is 0 Å². The molecule has 76 valence electrons. The Balaban J connectivity index is 2.11. The Labute approximate surface area is 84.6 Å². The van der Waals surface area contributed by atoms with Crippen LogP contribution in [0.25, 0.3) is 0 Å². The van der Waals surface area contributed by atoms with Crippen LogP contribution >= 0.6 is 0 Å². The predicted octanol–water partition coefficient (Wildman–Crippen LogP) is 2.75. The van der Waals surface area contributed by atoms with Crippen LogP contribution in [0.4, 0.5) is 0 Å². The highest BCUT2D eigenvalue weighted by Crippen LogP contribution is 2.33. The van der Waals surface area contributed by atoms with Gasteiger partial charge < -0.3 is 4.74 Å². The number of esters is 1. The molecule has 0 spiro atoms. The summed E-state index contributed by atoms with van der Waals surface area (Å²) in [4.78, 5) is 11.5. The maximum Gasteiger partial charge on any atom is 0.338 e. The zero-order valence-corrected chi connectivity index (χ0v) is 8.58. The first-order valence-corrected chi connectivity index (χ1v) is 5.43. The number of rotatable bonds is 3. The molecule has 2 heteroatoms. The van der Waals surface area contributed by atoms with Gasteiger partial charge in [-0.25, -0.2) is 4.79 Å². The van der Waals surface area contributed by atoms with E-state index in [2.05, 4.69) is 13.0 Å². The summed E-state index contributed by atoms with van der Waals surface area (Å²) in [6.45, 7) is 2.16. The van der Waals surface area contributed by atoms with Gasteiger partial charge in [0.2, 0.25) is 0 Å². The van der Waals surface area contributed by atoms with Gasteiger partial charge in [0.25, 0.3) is 0 Å². The number of carbonyl (C=O) groups excluding carboxylic acids is 1. The number of carbonyl (C=O) groups is 1. The molecule has 1 atom stereocenters. The van der Waals surface area contributed by atoms with Gasteiger partial charge in [-0.1, -0.05) is 25.5 Å². The van der Waals surface area contributed by atoms with Crippen LogP contribution in [0.2, 0.25) is 0 Å². The average molecular weight is 192 g/mol. The first kappa shape index (κ1) is 9.50. The number of hydrogen-bond acceptors (Lipinski definition) is 2. The zero-order chi connectivity index (χ0) is 9.97. The number of cyclic esters (lactones) is 1. The molecule has 2 rings (SSSR count). The second kappa shape index (κ2) is 3.99. The molecule has 0 aromatic rings. The maximum absolute atomic E-state index is 11.5. The molecule has 2 nitrogen and oxygen atoms in total. The molecule has 1 aliphatic heterocycles. The van der Waals surface area contributed by atoms with Crippen molar-refractivity contribution in [2.75, 3.05) is 0 Å². The lowest BCUT2D eigenvalue weighted by molar-refractivity contribution is -0.139. The average Bonchev–Trinajstić information content (AvgIpc) is 2.54. The van der Waals surface area contributed by atoms with Crippen molar-refractivity contribution >= 4 is 5.97 Å². The summed E-state index contributed by atoms with van der Waals surface area (Å²) < 4.78 is 5.35. The van der Waals surface area contributed by atoms with Crippen LogP contribution in [-0.2, 0) is 9.53 Å². The first-order chi connectivity index (χ1) is 6.83. The first-order valence-electron chi connectivity index (χ1n) is 5.43. The van der Waals surface area contributed by atoms with Crippen LogP contribution in [0.5, 0.6) is 0 Å². The van der Waals surface area contributed by atoms with Crippen molar-refractivity contribution in [3.8, 4) is 0 Å². The quantitative estimate of drug-likeness (QED) is 0.643. The molecule has 0 aromatic heterocycles. The summed E-state index contributed by atoms with van der Waals surface area (Å²) in [5.74, 6) is -0.114. The van der Waals surface area contributed by atoms with E-state index in [1.165, 1.54) is 5.57 Å². The highest BCUT2D eigenvalue weighted by Gasteiger charge is 2.32. The van der Waals surface area contributed by atoms with Gasteiger partial charge in [-0.15, -0.1) is 0 Å². The summed E-state index contributed by atoms with van der Waals surface area (Å²) >= 11 is 0. The lowest BCUT2D eigenvalue weighted by Gasteiger charge is -2.13. The van der Waals surface area contributed by atoms with E-state index in [1.807, 2.05) is 6.08 Å². The summed E-state index contributed by atoms with van der Waals surface area (Å²) in [6.07, 6.45) is 9.42. The second-order valence-electron chi connectivity index (χ2n) is 3.92. The summed E-state index contributed by atoms with van der Waals surface area (Å²) in [5, 5.41) is 0. The second-order valence-corrected chi connectivity index (χ2v) is 3.92. The van der Waals surface area contributed by atoms with E-state index in [0.717, 1.165) is 37.7 Å². The number of ether oxygens (including phenoxy) is 1. The van der Waals surface area contributed by atoms with Crippen LogP contribution < -0.4 is 0 Å². The molecule has 0 radical (unpaired) electrons.